The summed E-state index contributed by atoms with van der Waals surface area (Å²) in [6.45, 7) is -0.321. The van der Waals surface area contributed by atoms with Gasteiger partial charge in [0.25, 0.3) is 0 Å². The average Bonchev–Trinajstić information content (AvgIpc) is 2.74. The Morgan fingerprint density at radius 3 is 2.38 bits per heavy atom. The lowest BCUT2D eigenvalue weighted by Gasteiger charge is -2.11. The zero-order chi connectivity index (χ0) is 20.6. The van der Waals surface area contributed by atoms with Crippen molar-refractivity contribution in [2.45, 2.75) is 0 Å². The van der Waals surface area contributed by atoms with E-state index in [1.807, 2.05) is 48.6 Å². The highest BCUT2D eigenvalue weighted by Crippen LogP contribution is 2.30. The molecular weight excluding hydrogens is 411 g/mol. The van der Waals surface area contributed by atoms with E-state index >= 15 is 0 Å². The van der Waals surface area contributed by atoms with Gasteiger partial charge < -0.3 is 14.2 Å². The number of ether oxygens (including phenoxy) is 3. The summed E-state index contributed by atoms with van der Waals surface area (Å²) in [5.41, 5.74) is 1.99. The molecule has 0 saturated carbocycles. The maximum atomic E-state index is 12.2. The molecule has 29 heavy (non-hydrogen) atoms. The molecule has 0 aliphatic rings. The zero-order valence-corrected chi connectivity index (χ0v) is 17.1. The highest BCUT2D eigenvalue weighted by atomic mass is 35.5. The van der Waals surface area contributed by atoms with Crippen LogP contribution in [-0.2, 0) is 4.79 Å². The maximum absolute atomic E-state index is 12.2. The number of esters is 1. The van der Waals surface area contributed by atoms with Gasteiger partial charge in [-0.05, 0) is 35.4 Å². The minimum Gasteiger partial charge on any atom is -0.493 e. The van der Waals surface area contributed by atoms with Crippen LogP contribution in [0, 0.1) is 0 Å². The third-order valence-corrected chi connectivity index (χ3v) is 4.47. The van der Waals surface area contributed by atoms with Crippen LogP contribution >= 0.6 is 23.2 Å². The second kappa shape index (κ2) is 10.0. The SMILES string of the molecule is COc1cc(C=Cc2ccccc2)ccc1OC(=O)COc1cc(Cl)ccc1Cl. The van der Waals surface area contributed by atoms with E-state index in [9.17, 15) is 4.79 Å². The summed E-state index contributed by atoms with van der Waals surface area (Å²) in [6, 6.07) is 20.0. The molecule has 0 aliphatic heterocycles. The van der Waals surface area contributed by atoms with Gasteiger partial charge in [0, 0.05) is 11.1 Å². The van der Waals surface area contributed by atoms with E-state index in [0.717, 1.165) is 11.1 Å². The number of benzene rings is 3. The number of rotatable bonds is 7. The van der Waals surface area contributed by atoms with Crippen molar-refractivity contribution < 1.29 is 19.0 Å². The number of hydrogen-bond donors (Lipinski definition) is 0. The first-order valence-corrected chi connectivity index (χ1v) is 9.50. The van der Waals surface area contributed by atoms with Crippen molar-refractivity contribution in [2.24, 2.45) is 0 Å². The Morgan fingerprint density at radius 2 is 1.62 bits per heavy atom. The van der Waals surface area contributed by atoms with Gasteiger partial charge in [-0.25, -0.2) is 4.79 Å². The highest BCUT2D eigenvalue weighted by molar-refractivity contribution is 6.34. The molecule has 0 heterocycles. The maximum Gasteiger partial charge on any atom is 0.349 e. The molecule has 148 valence electrons. The molecule has 0 unspecified atom stereocenters. The Balaban J connectivity index is 1.64. The largest absolute Gasteiger partial charge is 0.493 e. The van der Waals surface area contributed by atoms with Crippen LogP contribution in [0.15, 0.2) is 66.7 Å². The third-order valence-electron chi connectivity index (χ3n) is 3.92. The Bertz CT molecular complexity index is 1020. The molecule has 3 aromatic rings. The van der Waals surface area contributed by atoms with Crippen LogP contribution in [0.4, 0.5) is 0 Å². The van der Waals surface area contributed by atoms with Crippen LogP contribution in [0.2, 0.25) is 10.0 Å². The molecule has 0 spiro atoms. The first-order chi connectivity index (χ1) is 14.0. The first-order valence-electron chi connectivity index (χ1n) is 8.75. The number of hydrogen-bond acceptors (Lipinski definition) is 4. The lowest BCUT2D eigenvalue weighted by molar-refractivity contribution is -0.136. The number of carbonyl (C=O) groups is 1. The molecule has 0 aromatic heterocycles. The minimum absolute atomic E-state index is 0.301. The standard InChI is InChI=1S/C23H18Cl2O4/c1-27-22-13-17(8-7-16-5-3-2-4-6-16)9-12-20(22)29-23(26)15-28-21-14-18(24)10-11-19(21)25/h2-14H,15H2,1H3. The second-order valence-electron chi connectivity index (χ2n) is 5.99. The normalized spacial score (nSPS) is 10.7. The lowest BCUT2D eigenvalue weighted by Crippen LogP contribution is -2.18. The van der Waals surface area contributed by atoms with Crippen LogP contribution in [0.3, 0.4) is 0 Å². The van der Waals surface area contributed by atoms with Crippen molar-refractivity contribution in [3.05, 3.63) is 87.9 Å². The molecule has 4 nitrogen and oxygen atoms in total. The highest BCUT2D eigenvalue weighted by Gasteiger charge is 2.12. The summed E-state index contributed by atoms with van der Waals surface area (Å²) in [5, 5.41) is 0.813. The smallest absolute Gasteiger partial charge is 0.349 e. The van der Waals surface area contributed by atoms with Gasteiger partial charge in [0.15, 0.2) is 18.1 Å². The summed E-state index contributed by atoms with van der Waals surface area (Å²) in [4.78, 5) is 12.2. The fraction of sp³-hybridized carbons (Fsp3) is 0.0870. The molecule has 0 amide bonds. The number of halogens is 2. The average molecular weight is 429 g/mol. The Morgan fingerprint density at radius 1 is 0.862 bits per heavy atom. The molecule has 0 atom stereocenters. The molecule has 0 N–H and O–H groups in total. The molecule has 6 heteroatoms. The quantitative estimate of drug-likeness (QED) is 0.257. The molecule has 0 bridgehead atoms. The van der Waals surface area contributed by atoms with Crippen molar-refractivity contribution in [3.8, 4) is 17.2 Å². The molecule has 0 aliphatic carbocycles. The van der Waals surface area contributed by atoms with Crippen LogP contribution in [0.5, 0.6) is 17.2 Å². The van der Waals surface area contributed by atoms with Gasteiger partial charge >= 0.3 is 5.97 Å². The fourth-order valence-electron chi connectivity index (χ4n) is 2.51. The van der Waals surface area contributed by atoms with Gasteiger partial charge in [-0.2, -0.15) is 0 Å². The van der Waals surface area contributed by atoms with E-state index in [1.54, 1.807) is 24.3 Å². The van der Waals surface area contributed by atoms with E-state index in [-0.39, 0.29) is 6.61 Å². The summed E-state index contributed by atoms with van der Waals surface area (Å²) in [7, 11) is 1.51. The van der Waals surface area contributed by atoms with Crippen molar-refractivity contribution in [3.63, 3.8) is 0 Å². The Kier molecular flexibility index (Phi) is 7.17. The predicted octanol–water partition coefficient (Wildman–Crippen LogP) is 6.16. The van der Waals surface area contributed by atoms with E-state index < -0.39 is 5.97 Å². The molecule has 0 saturated heterocycles. The second-order valence-corrected chi connectivity index (χ2v) is 6.84. The Labute approximate surface area is 179 Å². The molecule has 3 aromatic carbocycles. The van der Waals surface area contributed by atoms with Gasteiger partial charge in [-0.3, -0.25) is 0 Å². The van der Waals surface area contributed by atoms with E-state index in [2.05, 4.69) is 0 Å². The zero-order valence-electron chi connectivity index (χ0n) is 15.6. The molecular formula is C23H18Cl2O4. The van der Waals surface area contributed by atoms with E-state index in [1.165, 1.54) is 13.2 Å². The van der Waals surface area contributed by atoms with Gasteiger partial charge in [-0.15, -0.1) is 0 Å². The van der Waals surface area contributed by atoms with Crippen molar-refractivity contribution in [1.29, 1.82) is 0 Å². The predicted molar refractivity (Wildman–Crippen MR) is 116 cm³/mol. The lowest BCUT2D eigenvalue weighted by atomic mass is 10.1. The van der Waals surface area contributed by atoms with Gasteiger partial charge in [0.2, 0.25) is 0 Å². The fourth-order valence-corrected chi connectivity index (χ4v) is 2.84. The summed E-state index contributed by atoms with van der Waals surface area (Å²) < 4.78 is 16.1. The van der Waals surface area contributed by atoms with Crippen LogP contribution in [0.25, 0.3) is 12.2 Å². The topological polar surface area (TPSA) is 44.8 Å². The van der Waals surface area contributed by atoms with Gasteiger partial charge in [0.05, 0.1) is 12.1 Å². The van der Waals surface area contributed by atoms with Crippen molar-refractivity contribution >= 4 is 41.3 Å². The number of carbonyl (C=O) groups excluding carboxylic acids is 1. The third kappa shape index (κ3) is 6.01. The summed E-state index contributed by atoms with van der Waals surface area (Å²) in [6.07, 6.45) is 3.94. The molecule has 0 radical (unpaired) electrons. The number of methoxy groups -OCH3 is 1. The van der Waals surface area contributed by atoms with Crippen molar-refractivity contribution in [2.75, 3.05) is 13.7 Å². The molecule has 3 rings (SSSR count). The van der Waals surface area contributed by atoms with Gasteiger partial charge in [-0.1, -0.05) is 71.8 Å². The van der Waals surface area contributed by atoms with Crippen molar-refractivity contribution in [1.82, 2.24) is 0 Å². The first kappa shape index (κ1) is 20.8. The monoisotopic (exact) mass is 428 g/mol. The Hall–Kier alpha value is -2.95. The van der Waals surface area contributed by atoms with E-state index in [4.69, 9.17) is 37.4 Å². The minimum atomic E-state index is -0.591. The van der Waals surface area contributed by atoms with Crippen LogP contribution < -0.4 is 14.2 Å². The van der Waals surface area contributed by atoms with Gasteiger partial charge in [0.1, 0.15) is 5.75 Å². The van der Waals surface area contributed by atoms with Crippen LogP contribution in [-0.4, -0.2) is 19.7 Å². The summed E-state index contributed by atoms with van der Waals surface area (Å²) >= 11 is 11.9. The molecule has 0 fully saturated rings. The van der Waals surface area contributed by atoms with E-state index in [0.29, 0.717) is 27.3 Å². The van der Waals surface area contributed by atoms with Crippen LogP contribution in [0.1, 0.15) is 11.1 Å². The summed E-state index contributed by atoms with van der Waals surface area (Å²) in [5.74, 6) is 0.459.